The summed E-state index contributed by atoms with van der Waals surface area (Å²) < 4.78 is 26.4. The van der Waals surface area contributed by atoms with Crippen molar-refractivity contribution >= 4 is 46.9 Å². The molecule has 4 aliphatic rings. The van der Waals surface area contributed by atoms with Crippen LogP contribution in [0.1, 0.15) is 79.7 Å². The normalized spacial score (nSPS) is 18.1. The van der Waals surface area contributed by atoms with Crippen LogP contribution in [0.4, 0.5) is 11.5 Å². The second kappa shape index (κ2) is 21.2. The fourth-order valence-corrected chi connectivity index (χ4v) is 9.26. The number of hydrogen-bond acceptors (Lipinski definition) is 15. The van der Waals surface area contributed by atoms with E-state index in [0.717, 1.165) is 35.5 Å². The van der Waals surface area contributed by atoms with Crippen molar-refractivity contribution in [2.24, 2.45) is 11.7 Å². The first-order valence-electron chi connectivity index (χ1n) is 23.1. The van der Waals surface area contributed by atoms with E-state index in [0.29, 0.717) is 101 Å². The van der Waals surface area contributed by atoms with Crippen LogP contribution in [0, 0.1) is 5.92 Å². The van der Waals surface area contributed by atoms with Gasteiger partial charge in [0, 0.05) is 43.9 Å². The number of anilines is 2. The number of amides is 6. The molecule has 69 heavy (non-hydrogen) atoms. The zero-order chi connectivity index (χ0) is 47.9. The molecule has 2 fully saturated rings. The first-order chi connectivity index (χ1) is 33.6. The van der Waals surface area contributed by atoms with Crippen LogP contribution in [0.25, 0.3) is 11.3 Å². The van der Waals surface area contributed by atoms with E-state index >= 15 is 0 Å². The number of fused-ring (bicyclic) bond motifs is 2. The van der Waals surface area contributed by atoms with Crippen LogP contribution in [0.3, 0.4) is 0 Å². The fourth-order valence-electron chi connectivity index (χ4n) is 9.26. The van der Waals surface area contributed by atoms with Gasteiger partial charge >= 0.3 is 0 Å². The van der Waals surface area contributed by atoms with Gasteiger partial charge in [0.25, 0.3) is 23.6 Å². The predicted octanol–water partition coefficient (Wildman–Crippen LogP) is 3.51. The molecule has 0 aliphatic carbocycles. The average molecular weight is 944 g/mol. The molecule has 2 atom stereocenters. The number of ether oxygens (including phenoxy) is 4. The number of carbonyl (C=O) groups is 6. The smallest absolute Gasteiger partial charge is 0.276 e. The average Bonchev–Trinajstić information content (AvgIpc) is 4.07. The number of aromatic nitrogens is 5. The summed E-state index contributed by atoms with van der Waals surface area (Å²) in [6.07, 6.45) is 4.11. The maximum absolute atomic E-state index is 13.5. The summed E-state index contributed by atoms with van der Waals surface area (Å²) in [5, 5.41) is 22.0. The molecule has 5 aromatic rings. The largest absolute Gasteiger partial charge is 0.457 e. The molecular formula is C48H53N11O10. The van der Waals surface area contributed by atoms with Gasteiger partial charge in [-0.2, -0.15) is 5.10 Å². The Morgan fingerprint density at radius 3 is 2.26 bits per heavy atom. The molecule has 3 aromatic carbocycles. The lowest BCUT2D eigenvalue weighted by molar-refractivity contribution is -0.136. The van der Waals surface area contributed by atoms with E-state index < -0.39 is 35.6 Å². The maximum Gasteiger partial charge on any atom is 0.276 e. The minimum atomic E-state index is -1.03. The molecular weight excluding hydrogens is 891 g/mol. The van der Waals surface area contributed by atoms with Crippen LogP contribution < -0.4 is 26.4 Å². The Hall–Kier alpha value is -7.49. The lowest BCUT2D eigenvalue weighted by atomic mass is 9.86. The van der Waals surface area contributed by atoms with Crippen molar-refractivity contribution in [1.29, 1.82) is 0 Å². The van der Waals surface area contributed by atoms with Crippen molar-refractivity contribution in [2.75, 3.05) is 76.5 Å². The first kappa shape index (κ1) is 46.6. The highest BCUT2D eigenvalue weighted by Crippen LogP contribution is 2.40. The highest BCUT2D eigenvalue weighted by Gasteiger charge is 2.45. The van der Waals surface area contributed by atoms with Gasteiger partial charge in [0.1, 0.15) is 34.6 Å². The van der Waals surface area contributed by atoms with Gasteiger partial charge in [0.05, 0.1) is 69.6 Å². The molecule has 2 aromatic heterocycles. The summed E-state index contributed by atoms with van der Waals surface area (Å²) in [5.41, 5.74) is 8.69. The number of nitrogens with zero attached hydrogens (tertiary/aromatic N) is 7. The zero-order valence-electron chi connectivity index (χ0n) is 37.8. The van der Waals surface area contributed by atoms with Crippen LogP contribution in [-0.2, 0) is 30.3 Å². The summed E-state index contributed by atoms with van der Waals surface area (Å²) in [6, 6.07) is 20.8. The standard InChI is InChI=1S/C48H53N11O10/c49-43(61)41-42(31-9-11-33(12-10-31)69-32-5-2-1-3-6-32)54-59-37(15-18-51-44(41)59)30-16-20-56(21-17-30)47(64)36-29-57(55-53-36)22-24-67-26-28-68-27-25-66-23-19-50-35-8-4-7-34-40(35)48(65)58(46(34)63)38-13-14-39(60)52-45(38)62/h1-12,29-30,37-38,50-51H,13-28H2,(H2,49,61)(H,52,60,62)/t37-,38?/m0/s1. The third-order valence-electron chi connectivity index (χ3n) is 12.7. The third kappa shape index (κ3) is 10.3. The van der Waals surface area contributed by atoms with Crippen LogP contribution in [0.2, 0.25) is 0 Å². The molecule has 2 saturated heterocycles. The third-order valence-corrected chi connectivity index (χ3v) is 12.7. The number of para-hydroxylation sites is 1. The molecule has 5 N–H and O–H groups in total. The van der Waals surface area contributed by atoms with Gasteiger partial charge in [-0.3, -0.25) is 39.0 Å². The SMILES string of the molecule is NC(=O)c1c(-c2ccc(Oc3ccccc3)cc2)nn2c1NCC[C@H]2C1CCN(C(=O)c2cn(CCOCCOCCOCCNc3cccc4c3C(=O)N(C3CCC(=O)NC3=O)C4=O)nn2)CC1. The number of piperidine rings is 2. The zero-order valence-corrected chi connectivity index (χ0v) is 37.8. The monoisotopic (exact) mass is 943 g/mol. The van der Waals surface area contributed by atoms with Crippen LogP contribution in [-0.4, -0.2) is 142 Å². The summed E-state index contributed by atoms with van der Waals surface area (Å²) in [4.78, 5) is 79.4. The number of benzene rings is 3. The predicted molar refractivity (Wildman–Crippen MR) is 248 cm³/mol. The fraction of sp³-hybridized carbons (Fsp3) is 0.396. The molecule has 4 aliphatic heterocycles. The number of rotatable bonds is 20. The molecule has 0 saturated carbocycles. The minimum Gasteiger partial charge on any atom is -0.457 e. The number of nitrogens with two attached hydrogens (primary N) is 1. The van der Waals surface area contributed by atoms with Gasteiger partial charge in [0.2, 0.25) is 11.8 Å². The summed E-state index contributed by atoms with van der Waals surface area (Å²) in [5.74, 6) is -0.727. The molecule has 360 valence electrons. The summed E-state index contributed by atoms with van der Waals surface area (Å²) >= 11 is 0. The molecule has 6 heterocycles. The number of imide groups is 2. The number of carbonyl (C=O) groups excluding carboxylic acids is 6. The molecule has 9 rings (SSSR count). The molecule has 0 radical (unpaired) electrons. The molecule has 6 amide bonds. The van der Waals surface area contributed by atoms with Crippen molar-refractivity contribution in [3.8, 4) is 22.8 Å². The first-order valence-corrected chi connectivity index (χ1v) is 23.1. The Balaban J connectivity index is 0.658. The van der Waals surface area contributed by atoms with Crippen LogP contribution in [0.15, 0.2) is 79.0 Å². The minimum absolute atomic E-state index is 0.0239. The number of primary amides is 1. The lowest BCUT2D eigenvalue weighted by Gasteiger charge is -2.38. The lowest BCUT2D eigenvalue weighted by Crippen LogP contribution is -2.54. The Labute approximate surface area is 396 Å². The second-order valence-electron chi connectivity index (χ2n) is 17.0. The van der Waals surface area contributed by atoms with Gasteiger partial charge in [-0.25, -0.2) is 9.36 Å². The van der Waals surface area contributed by atoms with E-state index in [4.69, 9.17) is 29.8 Å². The molecule has 21 heteroatoms. The van der Waals surface area contributed by atoms with Gasteiger partial charge in [-0.15, -0.1) is 5.10 Å². The molecule has 21 nitrogen and oxygen atoms in total. The Kier molecular flexibility index (Phi) is 14.3. The number of likely N-dealkylation sites (tertiary alicyclic amines) is 1. The number of hydrogen-bond donors (Lipinski definition) is 4. The Morgan fingerprint density at radius 1 is 0.797 bits per heavy atom. The van der Waals surface area contributed by atoms with Crippen molar-refractivity contribution in [3.05, 3.63) is 101 Å². The van der Waals surface area contributed by atoms with E-state index in [1.165, 1.54) is 0 Å². The second-order valence-corrected chi connectivity index (χ2v) is 17.0. The van der Waals surface area contributed by atoms with Crippen molar-refractivity contribution in [1.82, 2.24) is 39.9 Å². The van der Waals surface area contributed by atoms with Crippen LogP contribution >= 0.6 is 0 Å². The molecule has 0 spiro atoms. The topological polar surface area (TPSA) is 256 Å². The van der Waals surface area contributed by atoms with Crippen molar-refractivity contribution in [3.63, 3.8) is 0 Å². The van der Waals surface area contributed by atoms with Crippen molar-refractivity contribution < 1.29 is 47.7 Å². The van der Waals surface area contributed by atoms with E-state index in [1.54, 1.807) is 29.1 Å². The maximum atomic E-state index is 13.5. The van der Waals surface area contributed by atoms with Gasteiger partial charge in [0.15, 0.2) is 5.69 Å². The van der Waals surface area contributed by atoms with E-state index in [2.05, 4.69) is 26.3 Å². The van der Waals surface area contributed by atoms with E-state index in [-0.39, 0.29) is 47.5 Å². The van der Waals surface area contributed by atoms with Crippen LogP contribution in [0.5, 0.6) is 11.5 Å². The Morgan fingerprint density at radius 2 is 1.52 bits per heavy atom. The van der Waals surface area contributed by atoms with E-state index in [1.807, 2.05) is 64.2 Å². The Bertz CT molecular complexity index is 2700. The summed E-state index contributed by atoms with van der Waals surface area (Å²) in [6.45, 7) is 4.53. The number of nitrogens with one attached hydrogen (secondary N) is 3. The van der Waals surface area contributed by atoms with Crippen molar-refractivity contribution in [2.45, 2.75) is 50.7 Å². The van der Waals surface area contributed by atoms with Gasteiger partial charge in [-0.1, -0.05) is 29.5 Å². The highest BCUT2D eigenvalue weighted by molar-refractivity contribution is 6.25. The summed E-state index contributed by atoms with van der Waals surface area (Å²) in [7, 11) is 0. The van der Waals surface area contributed by atoms with Gasteiger partial charge in [-0.05, 0) is 80.1 Å². The van der Waals surface area contributed by atoms with E-state index in [9.17, 15) is 28.8 Å². The quantitative estimate of drug-likeness (QED) is 0.0644. The molecule has 0 bridgehead atoms. The molecule has 1 unspecified atom stereocenters. The van der Waals surface area contributed by atoms with Gasteiger partial charge < -0.3 is 40.2 Å². The highest BCUT2D eigenvalue weighted by atomic mass is 16.5.